The van der Waals surface area contributed by atoms with Crippen LogP contribution in [0.3, 0.4) is 0 Å². The molecule has 10 heteroatoms. The van der Waals surface area contributed by atoms with E-state index in [9.17, 15) is 9.59 Å². The average molecular weight is 470 g/mol. The van der Waals surface area contributed by atoms with Crippen LogP contribution in [0.4, 0.5) is 5.82 Å². The number of ether oxygens (including phenoxy) is 2. The quantitative estimate of drug-likeness (QED) is 0.441. The van der Waals surface area contributed by atoms with E-state index in [0.717, 1.165) is 22.4 Å². The van der Waals surface area contributed by atoms with Gasteiger partial charge < -0.3 is 14.8 Å². The van der Waals surface area contributed by atoms with Gasteiger partial charge in [-0.1, -0.05) is 24.3 Å². The Morgan fingerprint density at radius 3 is 2.69 bits per heavy atom. The molecule has 10 nitrogen and oxygen atoms in total. The Morgan fingerprint density at radius 1 is 1.14 bits per heavy atom. The number of benzene rings is 2. The number of aromatic nitrogens is 5. The van der Waals surface area contributed by atoms with Crippen LogP contribution in [0.25, 0.3) is 17.2 Å². The second-order valence-electron chi connectivity index (χ2n) is 8.05. The predicted molar refractivity (Wildman–Crippen MR) is 127 cm³/mol. The molecule has 0 bridgehead atoms. The maximum Gasteiger partial charge on any atom is 0.337 e. The number of carbonyl (C=O) groups is 2. The number of methoxy groups -OCH3 is 2. The fourth-order valence-corrected chi connectivity index (χ4v) is 4.25. The van der Waals surface area contributed by atoms with Crippen molar-refractivity contribution in [3.8, 4) is 23.0 Å². The minimum Gasteiger partial charge on any atom is -0.497 e. The van der Waals surface area contributed by atoms with Gasteiger partial charge >= 0.3 is 5.97 Å². The number of amides is 1. The summed E-state index contributed by atoms with van der Waals surface area (Å²) in [5, 5.41) is 15.8. The van der Waals surface area contributed by atoms with Crippen molar-refractivity contribution < 1.29 is 19.1 Å². The van der Waals surface area contributed by atoms with Crippen molar-refractivity contribution >= 4 is 17.7 Å². The molecule has 2 aromatic heterocycles. The third kappa shape index (κ3) is 4.10. The number of esters is 1. The van der Waals surface area contributed by atoms with E-state index >= 15 is 0 Å². The van der Waals surface area contributed by atoms with Crippen molar-refractivity contribution in [2.75, 3.05) is 19.5 Å². The van der Waals surface area contributed by atoms with Crippen molar-refractivity contribution in [1.29, 1.82) is 0 Å². The highest BCUT2D eigenvalue weighted by atomic mass is 16.5. The van der Waals surface area contributed by atoms with E-state index in [2.05, 4.69) is 25.6 Å². The lowest BCUT2D eigenvalue weighted by molar-refractivity contribution is -0.116. The number of aryl methyl sites for hydroxylation is 1. The van der Waals surface area contributed by atoms with E-state index in [1.54, 1.807) is 25.4 Å². The third-order valence-corrected chi connectivity index (χ3v) is 5.94. The van der Waals surface area contributed by atoms with Crippen LogP contribution in [0.15, 0.2) is 54.7 Å². The molecule has 0 radical (unpaired) electrons. The molecular weight excluding hydrogens is 448 g/mol. The predicted octanol–water partition coefficient (Wildman–Crippen LogP) is 3.30. The smallest absolute Gasteiger partial charge is 0.337 e. The summed E-state index contributed by atoms with van der Waals surface area (Å²) >= 11 is 0. The lowest BCUT2D eigenvalue weighted by Gasteiger charge is -2.24. The molecule has 1 amide bonds. The topological polar surface area (TPSA) is 121 Å². The lowest BCUT2D eigenvalue weighted by atomic mass is 9.85. The van der Waals surface area contributed by atoms with Crippen LogP contribution in [-0.4, -0.2) is 51.1 Å². The first kappa shape index (κ1) is 22.2. The highest BCUT2D eigenvalue weighted by Gasteiger charge is 2.33. The first-order valence-electron chi connectivity index (χ1n) is 10.9. The monoisotopic (exact) mass is 470 g/mol. The molecule has 0 aliphatic carbocycles. The minimum absolute atomic E-state index is 0.155. The molecule has 35 heavy (non-hydrogen) atoms. The Labute approximate surface area is 200 Å². The number of nitrogens with one attached hydrogen (secondary N) is 1. The van der Waals surface area contributed by atoms with Gasteiger partial charge in [0.25, 0.3) is 5.95 Å². The van der Waals surface area contributed by atoms with E-state index in [4.69, 9.17) is 9.47 Å². The molecule has 1 N–H and O–H groups in total. The third-order valence-electron chi connectivity index (χ3n) is 5.94. The van der Waals surface area contributed by atoms with Gasteiger partial charge in [-0.25, -0.2) is 9.78 Å². The molecule has 0 saturated carbocycles. The Kier molecular flexibility index (Phi) is 5.69. The van der Waals surface area contributed by atoms with Crippen molar-refractivity contribution in [2.45, 2.75) is 19.3 Å². The Bertz CT molecular complexity index is 1430. The van der Waals surface area contributed by atoms with Crippen LogP contribution in [0.2, 0.25) is 0 Å². The molecule has 1 atom stereocenters. The fraction of sp³-hybridized carbons (Fsp3) is 0.200. The SMILES string of the molecule is COC(=O)c1ccc([C@@H]2CC(=O)Nc3c2c(C)nn3-c2nncc(-c3cccc(OC)c3)n2)cc1. The maximum absolute atomic E-state index is 12.7. The van der Waals surface area contributed by atoms with Gasteiger partial charge in [0, 0.05) is 23.5 Å². The van der Waals surface area contributed by atoms with Gasteiger partial charge in [-0.3, -0.25) is 4.79 Å². The van der Waals surface area contributed by atoms with Crippen molar-refractivity contribution in [3.05, 3.63) is 77.1 Å². The summed E-state index contributed by atoms with van der Waals surface area (Å²) in [6.07, 6.45) is 1.81. The summed E-state index contributed by atoms with van der Waals surface area (Å²) in [5.74, 6) is 0.625. The van der Waals surface area contributed by atoms with E-state index in [-0.39, 0.29) is 24.2 Å². The molecule has 3 heterocycles. The highest BCUT2D eigenvalue weighted by molar-refractivity contribution is 5.95. The number of anilines is 1. The fourth-order valence-electron chi connectivity index (χ4n) is 4.25. The summed E-state index contributed by atoms with van der Waals surface area (Å²) in [4.78, 5) is 29.1. The molecule has 4 aromatic rings. The summed E-state index contributed by atoms with van der Waals surface area (Å²) < 4.78 is 11.6. The van der Waals surface area contributed by atoms with Gasteiger partial charge in [0.15, 0.2) is 0 Å². The normalized spacial score (nSPS) is 14.7. The van der Waals surface area contributed by atoms with E-state index in [1.807, 2.05) is 43.3 Å². The molecular formula is C25H22N6O4. The Morgan fingerprint density at radius 2 is 1.94 bits per heavy atom. The van der Waals surface area contributed by atoms with Crippen molar-refractivity contribution in [1.82, 2.24) is 25.0 Å². The zero-order valence-electron chi connectivity index (χ0n) is 19.3. The molecule has 0 fully saturated rings. The first-order chi connectivity index (χ1) is 17.0. The van der Waals surface area contributed by atoms with Crippen LogP contribution < -0.4 is 10.1 Å². The molecule has 0 saturated heterocycles. The summed E-state index contributed by atoms with van der Waals surface area (Å²) in [7, 11) is 2.94. The van der Waals surface area contributed by atoms with E-state index in [1.165, 1.54) is 11.8 Å². The molecule has 2 aromatic carbocycles. The van der Waals surface area contributed by atoms with Crippen LogP contribution in [0.1, 0.15) is 39.5 Å². The number of hydrogen-bond donors (Lipinski definition) is 1. The summed E-state index contributed by atoms with van der Waals surface area (Å²) in [5.41, 5.74) is 4.33. The zero-order chi connectivity index (χ0) is 24.5. The van der Waals surface area contributed by atoms with E-state index in [0.29, 0.717) is 22.8 Å². The number of fused-ring (bicyclic) bond motifs is 1. The van der Waals surface area contributed by atoms with E-state index < -0.39 is 5.97 Å². The molecule has 5 rings (SSSR count). The number of rotatable bonds is 5. The van der Waals surface area contributed by atoms with Crippen LogP contribution in [-0.2, 0) is 9.53 Å². The minimum atomic E-state index is -0.414. The van der Waals surface area contributed by atoms with Crippen LogP contribution in [0.5, 0.6) is 5.75 Å². The van der Waals surface area contributed by atoms with Crippen molar-refractivity contribution in [3.63, 3.8) is 0 Å². The number of nitrogens with zero attached hydrogens (tertiary/aromatic N) is 5. The van der Waals surface area contributed by atoms with Crippen LogP contribution in [0, 0.1) is 6.92 Å². The van der Waals surface area contributed by atoms with Gasteiger partial charge in [0.1, 0.15) is 11.6 Å². The summed E-state index contributed by atoms with van der Waals surface area (Å²) in [6, 6.07) is 14.5. The molecule has 1 aliphatic rings. The standard InChI is InChI=1S/C25H22N6O4/c1-14-22-19(15-7-9-16(10-8-15)24(33)35-3)12-21(32)28-23(22)31(30-14)25-27-20(13-26-29-25)17-5-4-6-18(11-17)34-2/h4-11,13,19H,12H2,1-3H3,(H,28,32)/t19-/m0/s1. The van der Waals surface area contributed by atoms with Gasteiger partial charge in [-0.15, -0.1) is 5.10 Å². The maximum atomic E-state index is 12.7. The second-order valence-corrected chi connectivity index (χ2v) is 8.05. The first-order valence-corrected chi connectivity index (χ1v) is 10.9. The Hall–Kier alpha value is -4.60. The van der Waals surface area contributed by atoms with Crippen molar-refractivity contribution in [2.24, 2.45) is 0 Å². The molecule has 1 aliphatic heterocycles. The van der Waals surface area contributed by atoms with Gasteiger partial charge in [0.2, 0.25) is 5.91 Å². The van der Waals surface area contributed by atoms with Gasteiger partial charge in [-0.05, 0) is 36.8 Å². The molecule has 0 spiro atoms. The molecule has 0 unspecified atom stereocenters. The van der Waals surface area contributed by atoms with Gasteiger partial charge in [-0.2, -0.15) is 14.9 Å². The lowest BCUT2D eigenvalue weighted by Crippen LogP contribution is -2.25. The number of hydrogen-bond acceptors (Lipinski definition) is 8. The largest absolute Gasteiger partial charge is 0.497 e. The van der Waals surface area contributed by atoms with Gasteiger partial charge in [0.05, 0.1) is 37.4 Å². The number of carbonyl (C=O) groups excluding carboxylic acids is 2. The average Bonchev–Trinajstić information content (AvgIpc) is 3.23. The second kappa shape index (κ2) is 8.98. The zero-order valence-corrected chi connectivity index (χ0v) is 19.3. The summed E-state index contributed by atoms with van der Waals surface area (Å²) in [6.45, 7) is 1.88. The Balaban J connectivity index is 1.56. The highest BCUT2D eigenvalue weighted by Crippen LogP contribution is 2.40. The van der Waals surface area contributed by atoms with Crippen LogP contribution >= 0.6 is 0 Å². The molecule has 176 valence electrons.